The molecule has 2 atom stereocenters. The average molecular weight is 205 g/mol. The first-order chi connectivity index (χ1) is 7.18. The number of hydrogen-bond donors (Lipinski definition) is 2. The topological polar surface area (TPSA) is 32.3 Å². The number of hydrogen-bond acceptors (Lipinski definition) is 2. The van der Waals surface area contributed by atoms with Gasteiger partial charge in [-0.3, -0.25) is 0 Å². The van der Waals surface area contributed by atoms with E-state index in [0.717, 1.165) is 19.4 Å². The van der Waals surface area contributed by atoms with E-state index in [-0.39, 0.29) is 12.1 Å². The van der Waals surface area contributed by atoms with Gasteiger partial charge in [-0.1, -0.05) is 23.8 Å². The summed E-state index contributed by atoms with van der Waals surface area (Å²) in [5.74, 6) is 0. The van der Waals surface area contributed by atoms with Crippen molar-refractivity contribution in [2.75, 3.05) is 6.54 Å². The zero-order valence-corrected chi connectivity index (χ0v) is 9.46. The number of aliphatic hydroxyl groups is 1. The van der Waals surface area contributed by atoms with Crippen LogP contribution in [0.1, 0.15) is 35.6 Å². The third-order valence-corrected chi connectivity index (χ3v) is 3.20. The Morgan fingerprint density at radius 2 is 2.13 bits per heavy atom. The van der Waals surface area contributed by atoms with Crippen molar-refractivity contribution in [3.63, 3.8) is 0 Å². The van der Waals surface area contributed by atoms with Crippen LogP contribution in [0.5, 0.6) is 0 Å². The summed E-state index contributed by atoms with van der Waals surface area (Å²) in [6.07, 6.45) is 1.74. The molecule has 0 aliphatic carbocycles. The Morgan fingerprint density at radius 1 is 1.33 bits per heavy atom. The number of benzene rings is 1. The molecule has 1 aliphatic heterocycles. The lowest BCUT2D eigenvalue weighted by molar-refractivity contribution is 0.0962. The van der Waals surface area contributed by atoms with Crippen LogP contribution in [0.4, 0.5) is 0 Å². The van der Waals surface area contributed by atoms with Crippen molar-refractivity contribution in [1.82, 2.24) is 5.32 Å². The lowest BCUT2D eigenvalue weighted by atomic mass is 9.91. The SMILES string of the molecule is Cc1ccc(C)c(C2NCCCC2O)c1. The molecule has 1 aliphatic rings. The summed E-state index contributed by atoms with van der Waals surface area (Å²) < 4.78 is 0. The minimum Gasteiger partial charge on any atom is -0.391 e. The first kappa shape index (κ1) is 10.7. The smallest absolute Gasteiger partial charge is 0.0735 e. The maximum Gasteiger partial charge on any atom is 0.0735 e. The van der Waals surface area contributed by atoms with Crippen LogP contribution in [0.3, 0.4) is 0 Å². The summed E-state index contributed by atoms with van der Waals surface area (Å²) in [6, 6.07) is 6.56. The molecule has 0 amide bonds. The van der Waals surface area contributed by atoms with Gasteiger partial charge in [-0.25, -0.2) is 0 Å². The number of rotatable bonds is 1. The van der Waals surface area contributed by atoms with Gasteiger partial charge in [0.05, 0.1) is 12.1 Å². The van der Waals surface area contributed by atoms with Crippen LogP contribution in [-0.4, -0.2) is 17.8 Å². The van der Waals surface area contributed by atoms with Crippen molar-refractivity contribution in [3.8, 4) is 0 Å². The predicted octanol–water partition coefficient (Wildman–Crippen LogP) is 2.09. The third kappa shape index (κ3) is 2.21. The van der Waals surface area contributed by atoms with E-state index >= 15 is 0 Å². The second kappa shape index (κ2) is 4.33. The summed E-state index contributed by atoms with van der Waals surface area (Å²) >= 11 is 0. The number of aliphatic hydroxyl groups excluding tert-OH is 1. The first-order valence-corrected chi connectivity index (χ1v) is 5.67. The number of aryl methyl sites for hydroxylation is 2. The maximum atomic E-state index is 9.98. The number of piperidine rings is 1. The highest BCUT2D eigenvalue weighted by Crippen LogP contribution is 2.26. The van der Waals surface area contributed by atoms with Crippen LogP contribution in [0.25, 0.3) is 0 Å². The molecule has 0 saturated carbocycles. The van der Waals surface area contributed by atoms with E-state index in [1.807, 2.05) is 0 Å². The third-order valence-electron chi connectivity index (χ3n) is 3.20. The van der Waals surface area contributed by atoms with Gasteiger partial charge < -0.3 is 10.4 Å². The summed E-state index contributed by atoms with van der Waals surface area (Å²) in [5, 5.41) is 13.4. The second-order valence-corrected chi connectivity index (χ2v) is 4.50. The highest BCUT2D eigenvalue weighted by molar-refractivity contribution is 5.33. The summed E-state index contributed by atoms with van der Waals surface area (Å²) in [7, 11) is 0. The van der Waals surface area contributed by atoms with E-state index in [4.69, 9.17) is 0 Å². The Hall–Kier alpha value is -0.860. The van der Waals surface area contributed by atoms with Gasteiger partial charge in [0, 0.05) is 0 Å². The summed E-state index contributed by atoms with van der Waals surface area (Å²) in [4.78, 5) is 0. The van der Waals surface area contributed by atoms with Crippen LogP contribution in [0.15, 0.2) is 18.2 Å². The van der Waals surface area contributed by atoms with Crippen LogP contribution >= 0.6 is 0 Å². The van der Waals surface area contributed by atoms with Gasteiger partial charge in [0.2, 0.25) is 0 Å². The molecule has 0 radical (unpaired) electrons. The molecule has 1 heterocycles. The fourth-order valence-electron chi connectivity index (χ4n) is 2.28. The van der Waals surface area contributed by atoms with E-state index in [2.05, 4.69) is 37.4 Å². The Labute approximate surface area is 91.3 Å². The molecule has 82 valence electrons. The molecule has 2 rings (SSSR count). The molecular weight excluding hydrogens is 186 g/mol. The lowest BCUT2D eigenvalue weighted by Gasteiger charge is -2.30. The van der Waals surface area contributed by atoms with Crippen LogP contribution in [0, 0.1) is 13.8 Å². The second-order valence-electron chi connectivity index (χ2n) is 4.50. The lowest BCUT2D eigenvalue weighted by Crippen LogP contribution is -2.38. The van der Waals surface area contributed by atoms with Crippen molar-refractivity contribution in [2.24, 2.45) is 0 Å². The average Bonchev–Trinajstić information content (AvgIpc) is 2.23. The van der Waals surface area contributed by atoms with Crippen molar-refractivity contribution >= 4 is 0 Å². The largest absolute Gasteiger partial charge is 0.391 e. The van der Waals surface area contributed by atoms with E-state index < -0.39 is 0 Å². The molecule has 15 heavy (non-hydrogen) atoms. The Bertz CT molecular complexity index is 348. The molecular formula is C13H19NO. The van der Waals surface area contributed by atoms with Crippen molar-refractivity contribution in [2.45, 2.75) is 38.8 Å². The highest BCUT2D eigenvalue weighted by Gasteiger charge is 2.25. The Kier molecular flexibility index (Phi) is 3.08. The fraction of sp³-hybridized carbons (Fsp3) is 0.538. The molecule has 0 aromatic heterocycles. The molecule has 2 heteroatoms. The maximum absolute atomic E-state index is 9.98. The van der Waals surface area contributed by atoms with Crippen LogP contribution in [0.2, 0.25) is 0 Å². The molecule has 2 N–H and O–H groups in total. The quantitative estimate of drug-likeness (QED) is 0.735. The number of nitrogens with one attached hydrogen (secondary N) is 1. The zero-order valence-electron chi connectivity index (χ0n) is 9.46. The first-order valence-electron chi connectivity index (χ1n) is 5.67. The predicted molar refractivity (Wildman–Crippen MR) is 61.9 cm³/mol. The normalized spacial score (nSPS) is 26.6. The minimum atomic E-state index is -0.237. The van der Waals surface area contributed by atoms with Gasteiger partial charge in [0.15, 0.2) is 0 Å². The molecule has 0 bridgehead atoms. The fourth-order valence-corrected chi connectivity index (χ4v) is 2.28. The van der Waals surface area contributed by atoms with Crippen molar-refractivity contribution < 1.29 is 5.11 Å². The molecule has 1 aromatic carbocycles. The van der Waals surface area contributed by atoms with E-state index in [1.54, 1.807) is 0 Å². The van der Waals surface area contributed by atoms with Gasteiger partial charge in [-0.05, 0) is 44.4 Å². The summed E-state index contributed by atoms with van der Waals surface area (Å²) in [5.41, 5.74) is 3.77. The molecule has 1 aromatic rings. The van der Waals surface area contributed by atoms with Gasteiger partial charge in [-0.15, -0.1) is 0 Å². The van der Waals surface area contributed by atoms with E-state index in [9.17, 15) is 5.11 Å². The molecule has 1 fully saturated rings. The minimum absolute atomic E-state index is 0.124. The zero-order chi connectivity index (χ0) is 10.8. The molecule has 0 spiro atoms. The molecule has 2 nitrogen and oxygen atoms in total. The van der Waals surface area contributed by atoms with Crippen LogP contribution < -0.4 is 5.32 Å². The Morgan fingerprint density at radius 3 is 2.87 bits per heavy atom. The van der Waals surface area contributed by atoms with Gasteiger partial charge in [0.1, 0.15) is 0 Å². The van der Waals surface area contributed by atoms with E-state index in [0.29, 0.717) is 0 Å². The Balaban J connectivity index is 2.30. The van der Waals surface area contributed by atoms with Crippen LogP contribution in [-0.2, 0) is 0 Å². The van der Waals surface area contributed by atoms with E-state index in [1.165, 1.54) is 16.7 Å². The van der Waals surface area contributed by atoms with Crippen molar-refractivity contribution in [1.29, 1.82) is 0 Å². The van der Waals surface area contributed by atoms with Gasteiger partial charge in [0.25, 0.3) is 0 Å². The standard InChI is InChI=1S/C13H19NO/c1-9-5-6-10(2)11(8-9)13-12(15)4-3-7-14-13/h5-6,8,12-15H,3-4,7H2,1-2H3. The van der Waals surface area contributed by atoms with Gasteiger partial charge in [-0.2, -0.15) is 0 Å². The molecule has 2 unspecified atom stereocenters. The monoisotopic (exact) mass is 205 g/mol. The highest BCUT2D eigenvalue weighted by atomic mass is 16.3. The van der Waals surface area contributed by atoms with Crippen molar-refractivity contribution in [3.05, 3.63) is 34.9 Å². The molecule has 1 saturated heterocycles. The summed E-state index contributed by atoms with van der Waals surface area (Å²) in [6.45, 7) is 5.21. The van der Waals surface area contributed by atoms with Gasteiger partial charge >= 0.3 is 0 Å².